The Bertz CT molecular complexity index is 861. The summed E-state index contributed by atoms with van der Waals surface area (Å²) in [5.41, 5.74) is 0. The Morgan fingerprint density at radius 3 is 2.85 bits per heavy atom. The van der Waals surface area contributed by atoms with Gasteiger partial charge in [-0.15, -0.1) is 0 Å². The summed E-state index contributed by atoms with van der Waals surface area (Å²) in [6.45, 7) is 2.94. The zero-order valence-electron chi connectivity index (χ0n) is 15.0. The summed E-state index contributed by atoms with van der Waals surface area (Å²) in [6.07, 6.45) is 10.4. The Balaban J connectivity index is 1.36. The molecule has 27 heavy (non-hydrogen) atoms. The van der Waals surface area contributed by atoms with Crippen LogP contribution in [0.1, 0.15) is 12.8 Å². The fourth-order valence-electron chi connectivity index (χ4n) is 3.33. The van der Waals surface area contributed by atoms with Crippen molar-refractivity contribution in [2.24, 2.45) is 5.92 Å². The second-order valence-electron chi connectivity index (χ2n) is 6.57. The van der Waals surface area contributed by atoms with Crippen molar-refractivity contribution in [3.63, 3.8) is 0 Å². The molecule has 9 nitrogen and oxygen atoms in total. The highest BCUT2D eigenvalue weighted by Gasteiger charge is 2.26. The summed E-state index contributed by atoms with van der Waals surface area (Å²) in [5, 5.41) is 7.16. The van der Waals surface area contributed by atoms with Gasteiger partial charge in [-0.1, -0.05) is 0 Å². The van der Waals surface area contributed by atoms with E-state index >= 15 is 0 Å². The first kappa shape index (κ1) is 17.2. The fourth-order valence-corrected chi connectivity index (χ4v) is 3.33. The predicted molar refractivity (Wildman–Crippen MR) is 99.3 cm³/mol. The largest absolute Gasteiger partial charge is 0.356 e. The zero-order chi connectivity index (χ0) is 18.5. The second kappa shape index (κ2) is 7.98. The van der Waals surface area contributed by atoms with Crippen molar-refractivity contribution in [2.45, 2.75) is 19.4 Å². The number of nitrogens with zero attached hydrogens (tertiary/aromatic N) is 7. The van der Waals surface area contributed by atoms with Crippen LogP contribution in [0.15, 0.2) is 49.6 Å². The third-order valence-electron chi connectivity index (χ3n) is 4.74. The van der Waals surface area contributed by atoms with Crippen molar-refractivity contribution in [3.8, 4) is 5.82 Å². The normalized spacial score (nSPS) is 17.0. The van der Waals surface area contributed by atoms with E-state index in [4.69, 9.17) is 0 Å². The van der Waals surface area contributed by atoms with E-state index in [1.165, 1.54) is 12.7 Å². The average Bonchev–Trinajstić information content (AvgIpc) is 3.42. The molecule has 3 aromatic rings. The first-order valence-corrected chi connectivity index (χ1v) is 9.10. The molecular weight excluding hydrogens is 344 g/mol. The molecule has 3 aromatic heterocycles. The molecule has 1 atom stereocenters. The molecular formula is C18H22N8O. The Kier molecular flexibility index (Phi) is 5.08. The fraction of sp³-hybridized carbons (Fsp3) is 0.389. The number of carbonyl (C=O) groups is 1. The van der Waals surface area contributed by atoms with Crippen molar-refractivity contribution in [1.29, 1.82) is 0 Å². The highest BCUT2D eigenvalue weighted by Crippen LogP contribution is 2.22. The van der Waals surface area contributed by atoms with Gasteiger partial charge in [0.15, 0.2) is 5.82 Å². The number of hydrogen-bond acceptors (Lipinski definition) is 6. The van der Waals surface area contributed by atoms with Gasteiger partial charge < -0.3 is 14.8 Å². The molecule has 1 aliphatic rings. The van der Waals surface area contributed by atoms with Gasteiger partial charge in [-0.05, 0) is 25.0 Å². The number of carbonyl (C=O) groups excluding carboxylic acids is 1. The van der Waals surface area contributed by atoms with Gasteiger partial charge in [0, 0.05) is 44.6 Å². The lowest BCUT2D eigenvalue weighted by atomic mass is 9.97. The van der Waals surface area contributed by atoms with Crippen LogP contribution in [-0.4, -0.2) is 54.8 Å². The van der Waals surface area contributed by atoms with Crippen molar-refractivity contribution in [2.75, 3.05) is 24.5 Å². The van der Waals surface area contributed by atoms with Gasteiger partial charge in [-0.2, -0.15) is 5.10 Å². The molecule has 4 rings (SSSR count). The van der Waals surface area contributed by atoms with Crippen LogP contribution in [0.3, 0.4) is 0 Å². The first-order valence-electron chi connectivity index (χ1n) is 9.10. The number of anilines is 1. The lowest BCUT2D eigenvalue weighted by Gasteiger charge is -2.32. The topological polar surface area (TPSA) is 93.8 Å². The van der Waals surface area contributed by atoms with Gasteiger partial charge in [0.1, 0.15) is 24.8 Å². The number of nitrogens with one attached hydrogen (secondary N) is 1. The van der Waals surface area contributed by atoms with E-state index in [0.29, 0.717) is 18.9 Å². The summed E-state index contributed by atoms with van der Waals surface area (Å²) in [5.74, 6) is 1.54. The number of piperidine rings is 1. The van der Waals surface area contributed by atoms with Crippen LogP contribution >= 0.6 is 0 Å². The van der Waals surface area contributed by atoms with Crippen molar-refractivity contribution in [1.82, 2.24) is 34.6 Å². The molecule has 4 heterocycles. The van der Waals surface area contributed by atoms with Crippen molar-refractivity contribution < 1.29 is 4.79 Å². The number of rotatable bonds is 6. The zero-order valence-corrected chi connectivity index (χ0v) is 15.0. The predicted octanol–water partition coefficient (Wildman–Crippen LogP) is 0.892. The van der Waals surface area contributed by atoms with E-state index in [0.717, 1.165) is 31.7 Å². The van der Waals surface area contributed by atoms with E-state index in [-0.39, 0.29) is 11.8 Å². The minimum atomic E-state index is -0.0341. The minimum absolute atomic E-state index is 0.0341. The second-order valence-corrected chi connectivity index (χ2v) is 6.57. The molecule has 140 valence electrons. The molecule has 0 bridgehead atoms. The van der Waals surface area contributed by atoms with E-state index in [2.05, 4.69) is 34.8 Å². The summed E-state index contributed by atoms with van der Waals surface area (Å²) in [7, 11) is 0. The van der Waals surface area contributed by atoms with E-state index in [1.54, 1.807) is 11.0 Å². The van der Waals surface area contributed by atoms with Gasteiger partial charge >= 0.3 is 0 Å². The Morgan fingerprint density at radius 1 is 1.19 bits per heavy atom. The molecule has 0 aromatic carbocycles. The quantitative estimate of drug-likeness (QED) is 0.696. The first-order chi connectivity index (χ1) is 13.3. The van der Waals surface area contributed by atoms with E-state index in [1.807, 2.05) is 30.6 Å². The molecule has 0 radical (unpaired) electrons. The average molecular weight is 366 g/mol. The minimum Gasteiger partial charge on any atom is -0.356 e. The van der Waals surface area contributed by atoms with Crippen LogP contribution in [0.4, 0.5) is 5.82 Å². The lowest BCUT2D eigenvalue weighted by molar-refractivity contribution is -0.125. The summed E-state index contributed by atoms with van der Waals surface area (Å²) in [6, 6.07) is 5.84. The maximum Gasteiger partial charge on any atom is 0.224 e. The van der Waals surface area contributed by atoms with Gasteiger partial charge in [-0.25, -0.2) is 19.6 Å². The van der Waals surface area contributed by atoms with Crippen molar-refractivity contribution >= 4 is 11.7 Å². The highest BCUT2D eigenvalue weighted by molar-refractivity contribution is 5.79. The van der Waals surface area contributed by atoms with Crippen molar-refractivity contribution in [3.05, 3.63) is 49.6 Å². The molecule has 1 fully saturated rings. The smallest absolute Gasteiger partial charge is 0.224 e. The Labute approximate surface area is 157 Å². The van der Waals surface area contributed by atoms with E-state index in [9.17, 15) is 4.79 Å². The van der Waals surface area contributed by atoms with Crippen LogP contribution in [0.25, 0.3) is 5.82 Å². The lowest BCUT2D eigenvalue weighted by Crippen LogP contribution is -2.44. The van der Waals surface area contributed by atoms with Crippen LogP contribution in [0, 0.1) is 5.92 Å². The number of hydrogen-bond donors (Lipinski definition) is 1. The van der Waals surface area contributed by atoms with Gasteiger partial charge in [0.05, 0.1) is 5.92 Å². The third-order valence-corrected chi connectivity index (χ3v) is 4.74. The summed E-state index contributed by atoms with van der Waals surface area (Å²) < 4.78 is 3.65. The molecule has 0 saturated carbocycles. The maximum atomic E-state index is 12.6. The summed E-state index contributed by atoms with van der Waals surface area (Å²) >= 11 is 0. The standard InChI is InChI=1S/C18H22N8O/c27-18(20-5-9-24-6-1-2-7-24)15-4-3-8-25(11-15)16-10-17(22-13-21-16)26-14-19-12-23-26/h1-2,6-7,10,12-15H,3-5,8-9,11H2,(H,20,27)/t15-/m1/s1. The molecule has 1 amide bonds. The molecule has 1 saturated heterocycles. The Hall–Kier alpha value is -3.23. The SMILES string of the molecule is O=C(NCCn1cccc1)[C@@H]1CCCN(c2cc(-n3cncn3)ncn2)C1. The molecule has 9 heteroatoms. The third kappa shape index (κ3) is 4.13. The number of aromatic nitrogens is 6. The summed E-state index contributed by atoms with van der Waals surface area (Å²) in [4.78, 5) is 27.3. The maximum absolute atomic E-state index is 12.6. The molecule has 0 aliphatic carbocycles. The van der Waals surface area contributed by atoms with Crippen LogP contribution in [0.2, 0.25) is 0 Å². The van der Waals surface area contributed by atoms with Crippen LogP contribution in [-0.2, 0) is 11.3 Å². The monoisotopic (exact) mass is 366 g/mol. The van der Waals surface area contributed by atoms with E-state index < -0.39 is 0 Å². The van der Waals surface area contributed by atoms with Gasteiger partial charge in [-0.3, -0.25) is 4.79 Å². The van der Waals surface area contributed by atoms with Gasteiger partial charge in [0.2, 0.25) is 5.91 Å². The molecule has 0 unspecified atom stereocenters. The Morgan fingerprint density at radius 2 is 2.04 bits per heavy atom. The van der Waals surface area contributed by atoms with Crippen LogP contribution in [0.5, 0.6) is 0 Å². The number of amides is 1. The molecule has 1 aliphatic heterocycles. The molecule has 0 spiro atoms. The highest BCUT2D eigenvalue weighted by atomic mass is 16.1. The van der Waals surface area contributed by atoms with Gasteiger partial charge in [0.25, 0.3) is 0 Å². The molecule has 1 N–H and O–H groups in total. The van der Waals surface area contributed by atoms with Crippen LogP contribution < -0.4 is 10.2 Å².